The van der Waals surface area contributed by atoms with Crippen molar-refractivity contribution < 1.29 is 4.79 Å². The fourth-order valence-electron chi connectivity index (χ4n) is 1.91. The molecule has 0 radical (unpaired) electrons. The molecule has 0 unspecified atom stereocenters. The average Bonchev–Trinajstić information content (AvgIpc) is 2.50. The molecule has 1 fully saturated rings. The molecule has 1 rings (SSSR count). The van der Waals surface area contributed by atoms with E-state index in [2.05, 4.69) is 13.8 Å². The third-order valence-electron chi connectivity index (χ3n) is 2.56. The molecule has 2 N–H and O–H groups in total. The van der Waals surface area contributed by atoms with E-state index in [9.17, 15) is 4.79 Å². The van der Waals surface area contributed by atoms with E-state index in [1.807, 2.05) is 4.90 Å². The van der Waals surface area contributed by atoms with Crippen LogP contribution in [-0.2, 0) is 4.79 Å². The van der Waals surface area contributed by atoms with Crippen LogP contribution in [-0.4, -0.2) is 29.9 Å². The lowest BCUT2D eigenvalue weighted by atomic mass is 10.0. The van der Waals surface area contributed by atoms with Crippen molar-refractivity contribution in [1.82, 2.24) is 4.90 Å². The van der Waals surface area contributed by atoms with E-state index in [0.717, 1.165) is 19.4 Å². The monoisotopic (exact) mass is 170 g/mol. The summed E-state index contributed by atoms with van der Waals surface area (Å²) in [6.07, 6.45) is 2.28. The molecule has 1 atom stereocenters. The van der Waals surface area contributed by atoms with Crippen LogP contribution in [0.25, 0.3) is 0 Å². The number of amides is 1. The maximum absolute atomic E-state index is 11.3. The molecule has 3 nitrogen and oxygen atoms in total. The summed E-state index contributed by atoms with van der Waals surface area (Å²) >= 11 is 0. The molecule has 0 bridgehead atoms. The Balaban J connectivity index is 2.57. The first-order chi connectivity index (χ1) is 5.66. The van der Waals surface area contributed by atoms with Gasteiger partial charge in [-0.3, -0.25) is 4.79 Å². The van der Waals surface area contributed by atoms with E-state index in [4.69, 9.17) is 5.73 Å². The Kier molecular flexibility index (Phi) is 3.09. The molecule has 1 amide bonds. The number of rotatable bonds is 2. The number of nitrogens with zero attached hydrogens (tertiary/aromatic N) is 1. The largest absolute Gasteiger partial charge is 0.338 e. The fourth-order valence-corrected chi connectivity index (χ4v) is 1.91. The molecule has 0 aromatic rings. The van der Waals surface area contributed by atoms with Crippen LogP contribution in [0.15, 0.2) is 0 Å². The van der Waals surface area contributed by atoms with Crippen molar-refractivity contribution in [3.8, 4) is 0 Å². The summed E-state index contributed by atoms with van der Waals surface area (Å²) < 4.78 is 0. The third kappa shape index (κ3) is 1.78. The molecule has 0 saturated carbocycles. The maximum Gasteiger partial charge on any atom is 0.236 e. The lowest BCUT2D eigenvalue weighted by Gasteiger charge is -2.27. The van der Waals surface area contributed by atoms with Crippen LogP contribution in [0.1, 0.15) is 26.7 Å². The quantitative estimate of drug-likeness (QED) is 0.659. The van der Waals surface area contributed by atoms with Gasteiger partial charge in [0.15, 0.2) is 0 Å². The highest BCUT2D eigenvalue weighted by molar-refractivity contribution is 5.78. The van der Waals surface area contributed by atoms with Gasteiger partial charge in [0.05, 0.1) is 6.54 Å². The number of likely N-dealkylation sites (tertiary alicyclic amines) is 1. The molecule has 1 aliphatic heterocycles. The Morgan fingerprint density at radius 1 is 1.67 bits per heavy atom. The van der Waals surface area contributed by atoms with Crippen molar-refractivity contribution in [1.29, 1.82) is 0 Å². The Bertz CT molecular complexity index is 168. The molecule has 70 valence electrons. The first kappa shape index (κ1) is 9.52. The summed E-state index contributed by atoms with van der Waals surface area (Å²) in [5.74, 6) is 0.661. The molecule has 1 aliphatic rings. The Hall–Kier alpha value is -0.570. The van der Waals surface area contributed by atoms with Crippen molar-refractivity contribution in [2.24, 2.45) is 11.7 Å². The van der Waals surface area contributed by atoms with Crippen LogP contribution in [0.3, 0.4) is 0 Å². The van der Waals surface area contributed by atoms with Crippen molar-refractivity contribution in [3.05, 3.63) is 0 Å². The fraction of sp³-hybridized carbons (Fsp3) is 0.889. The highest BCUT2D eigenvalue weighted by Gasteiger charge is 2.29. The topological polar surface area (TPSA) is 46.3 Å². The van der Waals surface area contributed by atoms with E-state index >= 15 is 0 Å². The molecule has 1 heterocycles. The van der Waals surface area contributed by atoms with E-state index in [1.165, 1.54) is 0 Å². The lowest BCUT2D eigenvalue weighted by molar-refractivity contribution is -0.131. The number of carbonyl (C=O) groups excluding carboxylic acids is 1. The standard InChI is InChI=1S/C9H18N2O/c1-7(2)8-4-3-5-11(8)9(12)6-10/h7-8H,3-6,10H2,1-2H3/t8-/m0/s1. The predicted molar refractivity (Wildman–Crippen MR) is 48.6 cm³/mol. The number of nitrogens with two attached hydrogens (primary N) is 1. The Morgan fingerprint density at radius 2 is 2.33 bits per heavy atom. The third-order valence-corrected chi connectivity index (χ3v) is 2.56. The van der Waals surface area contributed by atoms with E-state index in [-0.39, 0.29) is 12.5 Å². The molecule has 1 saturated heterocycles. The van der Waals surface area contributed by atoms with Crippen molar-refractivity contribution >= 4 is 5.91 Å². The van der Waals surface area contributed by atoms with Crippen LogP contribution in [0.5, 0.6) is 0 Å². The predicted octanol–water partition coefficient (Wildman–Crippen LogP) is 0.592. The maximum atomic E-state index is 11.3. The van der Waals surface area contributed by atoms with Gasteiger partial charge >= 0.3 is 0 Å². The van der Waals surface area contributed by atoms with E-state index in [1.54, 1.807) is 0 Å². The van der Waals surface area contributed by atoms with Crippen molar-refractivity contribution in [2.75, 3.05) is 13.1 Å². The minimum absolute atomic E-state index is 0.103. The van der Waals surface area contributed by atoms with Crippen LogP contribution in [0.2, 0.25) is 0 Å². The molecule has 0 spiro atoms. The van der Waals surface area contributed by atoms with Gasteiger partial charge in [-0.25, -0.2) is 0 Å². The van der Waals surface area contributed by atoms with Gasteiger partial charge in [0.25, 0.3) is 0 Å². The van der Waals surface area contributed by atoms with Gasteiger partial charge in [-0.15, -0.1) is 0 Å². The molecular weight excluding hydrogens is 152 g/mol. The summed E-state index contributed by atoms with van der Waals surface area (Å²) in [6.45, 7) is 5.38. The minimum Gasteiger partial charge on any atom is -0.338 e. The number of hydrogen-bond donors (Lipinski definition) is 1. The van der Waals surface area contributed by atoms with Gasteiger partial charge in [-0.2, -0.15) is 0 Å². The van der Waals surface area contributed by atoms with Gasteiger partial charge in [0, 0.05) is 12.6 Å². The summed E-state index contributed by atoms with van der Waals surface area (Å²) in [4.78, 5) is 13.3. The van der Waals surface area contributed by atoms with Crippen molar-refractivity contribution in [3.63, 3.8) is 0 Å². The first-order valence-electron chi connectivity index (χ1n) is 4.66. The second-order valence-corrected chi connectivity index (χ2v) is 3.74. The first-order valence-corrected chi connectivity index (χ1v) is 4.66. The molecule has 3 heteroatoms. The lowest BCUT2D eigenvalue weighted by Crippen LogP contribution is -2.41. The molecular formula is C9H18N2O. The van der Waals surface area contributed by atoms with E-state index < -0.39 is 0 Å². The summed E-state index contributed by atoms with van der Waals surface area (Å²) in [6, 6.07) is 0.432. The minimum atomic E-state index is 0.103. The van der Waals surface area contributed by atoms with E-state index in [0.29, 0.717) is 12.0 Å². The van der Waals surface area contributed by atoms with Crippen molar-refractivity contribution in [2.45, 2.75) is 32.7 Å². The van der Waals surface area contributed by atoms with Gasteiger partial charge in [0.2, 0.25) is 5.91 Å². The summed E-state index contributed by atoms with van der Waals surface area (Å²) in [7, 11) is 0. The normalized spacial score (nSPS) is 23.7. The van der Waals surface area contributed by atoms with Crippen LogP contribution in [0.4, 0.5) is 0 Å². The molecule has 0 aliphatic carbocycles. The second kappa shape index (κ2) is 3.90. The Labute approximate surface area is 73.9 Å². The molecule has 0 aromatic heterocycles. The number of hydrogen-bond acceptors (Lipinski definition) is 2. The van der Waals surface area contributed by atoms with Gasteiger partial charge in [-0.1, -0.05) is 13.8 Å². The highest BCUT2D eigenvalue weighted by atomic mass is 16.2. The molecule has 0 aromatic carbocycles. The SMILES string of the molecule is CC(C)[C@@H]1CCCN1C(=O)CN. The second-order valence-electron chi connectivity index (χ2n) is 3.74. The average molecular weight is 170 g/mol. The highest BCUT2D eigenvalue weighted by Crippen LogP contribution is 2.23. The van der Waals surface area contributed by atoms with Gasteiger partial charge in [-0.05, 0) is 18.8 Å². The van der Waals surface area contributed by atoms with Gasteiger partial charge in [0.1, 0.15) is 0 Å². The smallest absolute Gasteiger partial charge is 0.236 e. The summed E-state index contributed by atoms with van der Waals surface area (Å²) in [5.41, 5.74) is 5.32. The van der Waals surface area contributed by atoms with Crippen LogP contribution < -0.4 is 5.73 Å². The zero-order valence-electron chi connectivity index (χ0n) is 7.92. The van der Waals surface area contributed by atoms with Gasteiger partial charge < -0.3 is 10.6 Å². The number of carbonyl (C=O) groups is 1. The van der Waals surface area contributed by atoms with Crippen LogP contribution >= 0.6 is 0 Å². The zero-order chi connectivity index (χ0) is 9.14. The summed E-state index contributed by atoms with van der Waals surface area (Å²) in [5, 5.41) is 0. The van der Waals surface area contributed by atoms with Crippen LogP contribution in [0, 0.1) is 5.92 Å². The zero-order valence-corrected chi connectivity index (χ0v) is 7.92. The molecule has 12 heavy (non-hydrogen) atoms. The Morgan fingerprint density at radius 3 is 2.83 bits per heavy atom.